The minimum Gasteiger partial charge on any atom is -0.462 e. The Hall–Kier alpha value is -1.55. The van der Waals surface area contributed by atoms with Gasteiger partial charge in [-0.1, -0.05) is 19.1 Å². The molecule has 1 aliphatic rings. The minimum atomic E-state index is -0.217. The van der Waals surface area contributed by atoms with E-state index in [0.29, 0.717) is 12.2 Å². The van der Waals surface area contributed by atoms with Crippen LogP contribution in [0, 0.1) is 0 Å². The van der Waals surface area contributed by atoms with Crippen LogP contribution < -0.4 is 10.2 Å². The van der Waals surface area contributed by atoms with Crippen molar-refractivity contribution in [2.24, 2.45) is 0 Å². The lowest BCUT2D eigenvalue weighted by Gasteiger charge is -2.30. The van der Waals surface area contributed by atoms with Gasteiger partial charge in [-0.25, -0.2) is 4.79 Å². The van der Waals surface area contributed by atoms with Crippen LogP contribution in [0.15, 0.2) is 24.3 Å². The lowest BCUT2D eigenvalue weighted by molar-refractivity contribution is 0.0506. The summed E-state index contributed by atoms with van der Waals surface area (Å²) in [7, 11) is 0. The van der Waals surface area contributed by atoms with E-state index in [2.05, 4.69) is 10.2 Å². The molecule has 1 aromatic rings. The summed E-state index contributed by atoms with van der Waals surface area (Å²) in [4.78, 5) is 14.2. The van der Waals surface area contributed by atoms with Crippen LogP contribution in [0.2, 0.25) is 0 Å². The van der Waals surface area contributed by atoms with E-state index in [-0.39, 0.29) is 5.97 Å². The second-order valence-corrected chi connectivity index (χ2v) is 4.39. The van der Waals surface area contributed by atoms with Gasteiger partial charge in [0.2, 0.25) is 0 Å². The summed E-state index contributed by atoms with van der Waals surface area (Å²) in [5.41, 5.74) is 1.66. The van der Waals surface area contributed by atoms with Crippen molar-refractivity contribution in [3.63, 3.8) is 0 Å². The van der Waals surface area contributed by atoms with E-state index in [4.69, 9.17) is 4.74 Å². The molecule has 0 aromatic heterocycles. The molecule has 1 N–H and O–H groups in total. The van der Waals surface area contributed by atoms with Crippen molar-refractivity contribution in [2.45, 2.75) is 13.3 Å². The SMILES string of the molecule is CCCOC(=O)c1ccccc1N1CCNCC1. The molecule has 1 heterocycles. The Bertz CT molecular complexity index is 401. The van der Waals surface area contributed by atoms with Gasteiger partial charge in [0.15, 0.2) is 0 Å². The van der Waals surface area contributed by atoms with E-state index in [1.165, 1.54) is 0 Å². The van der Waals surface area contributed by atoms with Crippen LogP contribution >= 0.6 is 0 Å². The number of piperazine rings is 1. The van der Waals surface area contributed by atoms with Crippen LogP contribution in [0.3, 0.4) is 0 Å². The average molecular weight is 248 g/mol. The minimum absolute atomic E-state index is 0.217. The third-order valence-corrected chi connectivity index (χ3v) is 3.02. The Morgan fingerprint density at radius 1 is 1.33 bits per heavy atom. The van der Waals surface area contributed by atoms with E-state index in [1.54, 1.807) is 0 Å². The third-order valence-electron chi connectivity index (χ3n) is 3.02. The maximum Gasteiger partial charge on any atom is 0.340 e. The van der Waals surface area contributed by atoms with Crippen molar-refractivity contribution >= 4 is 11.7 Å². The number of hydrogen-bond acceptors (Lipinski definition) is 4. The molecule has 1 fully saturated rings. The van der Waals surface area contributed by atoms with Gasteiger partial charge in [0.05, 0.1) is 17.9 Å². The monoisotopic (exact) mass is 248 g/mol. The van der Waals surface area contributed by atoms with Crippen molar-refractivity contribution < 1.29 is 9.53 Å². The zero-order chi connectivity index (χ0) is 12.8. The van der Waals surface area contributed by atoms with Gasteiger partial charge in [0.25, 0.3) is 0 Å². The fraction of sp³-hybridized carbons (Fsp3) is 0.500. The number of esters is 1. The summed E-state index contributed by atoms with van der Waals surface area (Å²) >= 11 is 0. The van der Waals surface area contributed by atoms with Gasteiger partial charge in [-0.15, -0.1) is 0 Å². The molecular formula is C14H20N2O2. The fourth-order valence-electron chi connectivity index (χ4n) is 2.10. The van der Waals surface area contributed by atoms with Crippen LogP contribution in [0.5, 0.6) is 0 Å². The highest BCUT2D eigenvalue weighted by Crippen LogP contribution is 2.21. The van der Waals surface area contributed by atoms with E-state index in [0.717, 1.165) is 38.3 Å². The Morgan fingerprint density at radius 2 is 2.06 bits per heavy atom. The Morgan fingerprint density at radius 3 is 2.78 bits per heavy atom. The number of para-hydroxylation sites is 1. The van der Waals surface area contributed by atoms with Crippen molar-refractivity contribution in [1.82, 2.24) is 5.32 Å². The first-order chi connectivity index (χ1) is 8.83. The molecule has 0 amide bonds. The third kappa shape index (κ3) is 3.01. The van der Waals surface area contributed by atoms with Gasteiger partial charge in [0.1, 0.15) is 0 Å². The number of carbonyl (C=O) groups is 1. The highest BCUT2D eigenvalue weighted by molar-refractivity contribution is 5.95. The average Bonchev–Trinajstić information content (AvgIpc) is 2.45. The molecule has 1 aromatic carbocycles. The lowest BCUT2D eigenvalue weighted by atomic mass is 10.1. The number of carbonyl (C=O) groups excluding carboxylic acids is 1. The first-order valence-electron chi connectivity index (χ1n) is 6.54. The van der Waals surface area contributed by atoms with Crippen LogP contribution in [-0.4, -0.2) is 38.8 Å². The molecule has 1 saturated heterocycles. The first kappa shape index (κ1) is 12.9. The predicted octanol–water partition coefficient (Wildman–Crippen LogP) is 1.66. The van der Waals surface area contributed by atoms with Crippen LogP contribution in [-0.2, 0) is 4.74 Å². The van der Waals surface area contributed by atoms with E-state index in [9.17, 15) is 4.79 Å². The number of anilines is 1. The second kappa shape index (κ2) is 6.40. The fourth-order valence-corrected chi connectivity index (χ4v) is 2.10. The maximum atomic E-state index is 12.0. The highest BCUT2D eigenvalue weighted by atomic mass is 16.5. The summed E-state index contributed by atoms with van der Waals surface area (Å²) in [6, 6.07) is 7.69. The molecule has 0 aliphatic carbocycles. The zero-order valence-electron chi connectivity index (χ0n) is 10.8. The molecule has 18 heavy (non-hydrogen) atoms. The van der Waals surface area contributed by atoms with E-state index in [1.807, 2.05) is 31.2 Å². The van der Waals surface area contributed by atoms with Gasteiger partial charge >= 0.3 is 5.97 Å². The largest absolute Gasteiger partial charge is 0.462 e. The molecular weight excluding hydrogens is 228 g/mol. The molecule has 98 valence electrons. The number of benzene rings is 1. The normalized spacial score (nSPS) is 15.5. The molecule has 0 atom stereocenters. The van der Waals surface area contributed by atoms with Crippen molar-refractivity contribution in [2.75, 3.05) is 37.7 Å². The quantitative estimate of drug-likeness (QED) is 0.823. The number of rotatable bonds is 4. The van der Waals surface area contributed by atoms with Gasteiger partial charge in [-0.2, -0.15) is 0 Å². The molecule has 0 radical (unpaired) electrons. The summed E-state index contributed by atoms with van der Waals surface area (Å²) in [5.74, 6) is -0.217. The topological polar surface area (TPSA) is 41.6 Å². The molecule has 4 heteroatoms. The number of nitrogens with one attached hydrogen (secondary N) is 1. The number of nitrogens with zero attached hydrogens (tertiary/aromatic N) is 1. The van der Waals surface area contributed by atoms with Gasteiger partial charge < -0.3 is 15.0 Å². The Balaban J connectivity index is 2.16. The number of hydrogen-bond donors (Lipinski definition) is 1. The predicted molar refractivity (Wildman–Crippen MR) is 72.1 cm³/mol. The zero-order valence-corrected chi connectivity index (χ0v) is 10.8. The van der Waals surface area contributed by atoms with E-state index >= 15 is 0 Å². The summed E-state index contributed by atoms with van der Waals surface area (Å²) in [6.45, 7) is 6.25. The van der Waals surface area contributed by atoms with Crippen LogP contribution in [0.1, 0.15) is 23.7 Å². The molecule has 0 saturated carbocycles. The summed E-state index contributed by atoms with van der Waals surface area (Å²) < 4.78 is 5.23. The molecule has 0 spiro atoms. The Labute approximate surface area is 108 Å². The van der Waals surface area contributed by atoms with Crippen LogP contribution in [0.4, 0.5) is 5.69 Å². The first-order valence-corrected chi connectivity index (χ1v) is 6.54. The smallest absolute Gasteiger partial charge is 0.340 e. The van der Waals surface area contributed by atoms with Crippen molar-refractivity contribution in [3.05, 3.63) is 29.8 Å². The van der Waals surface area contributed by atoms with Crippen LogP contribution in [0.25, 0.3) is 0 Å². The van der Waals surface area contributed by atoms with Gasteiger partial charge in [-0.3, -0.25) is 0 Å². The second-order valence-electron chi connectivity index (χ2n) is 4.39. The maximum absolute atomic E-state index is 12.0. The summed E-state index contributed by atoms with van der Waals surface area (Å²) in [5, 5.41) is 3.31. The molecule has 0 bridgehead atoms. The molecule has 1 aliphatic heterocycles. The van der Waals surface area contributed by atoms with Gasteiger partial charge in [0, 0.05) is 26.2 Å². The molecule has 4 nitrogen and oxygen atoms in total. The number of ether oxygens (including phenoxy) is 1. The lowest BCUT2D eigenvalue weighted by Crippen LogP contribution is -2.44. The van der Waals surface area contributed by atoms with Crippen molar-refractivity contribution in [3.8, 4) is 0 Å². The summed E-state index contributed by atoms with van der Waals surface area (Å²) in [6.07, 6.45) is 0.849. The molecule has 2 rings (SSSR count). The van der Waals surface area contributed by atoms with Gasteiger partial charge in [-0.05, 0) is 18.6 Å². The molecule has 0 unspecified atom stereocenters. The van der Waals surface area contributed by atoms with Crippen molar-refractivity contribution in [1.29, 1.82) is 0 Å². The Kier molecular flexibility index (Phi) is 4.59. The highest BCUT2D eigenvalue weighted by Gasteiger charge is 2.18. The standard InChI is InChI=1S/C14H20N2O2/c1-2-11-18-14(17)12-5-3-4-6-13(12)16-9-7-15-8-10-16/h3-6,15H,2,7-11H2,1H3. The van der Waals surface area contributed by atoms with E-state index < -0.39 is 0 Å².